The number of aliphatic hydroxyl groups excluding tert-OH is 2. The predicted molar refractivity (Wildman–Crippen MR) is 236 cm³/mol. The van der Waals surface area contributed by atoms with Crippen molar-refractivity contribution in [3.05, 3.63) is 36.5 Å². The molecule has 0 aliphatic rings. The van der Waals surface area contributed by atoms with E-state index in [1.807, 2.05) is 0 Å². The molecule has 0 saturated heterocycles. The summed E-state index contributed by atoms with van der Waals surface area (Å²) in [6.45, 7) is 6.34. The van der Waals surface area contributed by atoms with E-state index >= 15 is 0 Å². The van der Waals surface area contributed by atoms with Crippen LogP contribution in [0, 0.1) is 0 Å². The molecule has 3 unspecified atom stereocenters. The Morgan fingerprint density at radius 2 is 0.982 bits per heavy atom. The molecular weight excluding hydrogens is 683 g/mol. The lowest BCUT2D eigenvalue weighted by Crippen LogP contribution is -2.46. The molecule has 0 aliphatic heterocycles. The first-order valence-electron chi connectivity index (χ1n) is 23.7. The van der Waals surface area contributed by atoms with Crippen molar-refractivity contribution < 1.29 is 24.5 Å². The number of hydrogen-bond acceptors (Lipinski definition) is 5. The molecular formula is C49H91NO5. The highest BCUT2D eigenvalue weighted by Crippen LogP contribution is 2.18. The second kappa shape index (κ2) is 43.2. The van der Waals surface area contributed by atoms with Crippen molar-refractivity contribution >= 4 is 11.9 Å². The molecule has 3 N–H and O–H groups in total. The molecule has 0 saturated carbocycles. The van der Waals surface area contributed by atoms with Crippen molar-refractivity contribution in [1.29, 1.82) is 0 Å². The maximum atomic E-state index is 13.1. The topological polar surface area (TPSA) is 95.9 Å². The molecule has 1 amide bonds. The first kappa shape index (κ1) is 53.1. The van der Waals surface area contributed by atoms with Gasteiger partial charge in [-0.05, 0) is 57.8 Å². The minimum Gasteiger partial charge on any atom is -0.462 e. The fourth-order valence-electron chi connectivity index (χ4n) is 7.15. The number of ether oxygens (including phenoxy) is 1. The van der Waals surface area contributed by atoms with Gasteiger partial charge in [-0.2, -0.15) is 0 Å². The van der Waals surface area contributed by atoms with Gasteiger partial charge in [-0.25, -0.2) is 0 Å². The second-order valence-corrected chi connectivity index (χ2v) is 16.1. The lowest BCUT2D eigenvalue weighted by atomic mass is 10.0. The maximum Gasteiger partial charge on any atom is 0.306 e. The van der Waals surface area contributed by atoms with E-state index in [2.05, 4.69) is 62.5 Å². The smallest absolute Gasteiger partial charge is 0.306 e. The fraction of sp³-hybridized carbons (Fsp3) is 0.837. The quantitative estimate of drug-likeness (QED) is 0.0326. The number of aliphatic hydroxyl groups is 2. The van der Waals surface area contributed by atoms with Crippen LogP contribution in [0.2, 0.25) is 0 Å². The molecule has 0 spiro atoms. The van der Waals surface area contributed by atoms with E-state index in [1.54, 1.807) is 0 Å². The monoisotopic (exact) mass is 774 g/mol. The minimum atomic E-state index is -0.785. The molecule has 0 fully saturated rings. The molecule has 0 heterocycles. The molecule has 0 bridgehead atoms. The van der Waals surface area contributed by atoms with E-state index < -0.39 is 18.2 Å². The Hall–Kier alpha value is -1.92. The highest BCUT2D eigenvalue weighted by Gasteiger charge is 2.24. The fourth-order valence-corrected chi connectivity index (χ4v) is 7.15. The van der Waals surface area contributed by atoms with Crippen LogP contribution in [0.15, 0.2) is 36.5 Å². The summed E-state index contributed by atoms with van der Waals surface area (Å²) in [6, 6.07) is -0.698. The van der Waals surface area contributed by atoms with Crippen LogP contribution < -0.4 is 5.32 Å². The van der Waals surface area contributed by atoms with Gasteiger partial charge in [0.05, 0.1) is 25.2 Å². The molecule has 6 heteroatoms. The van der Waals surface area contributed by atoms with Crippen molar-refractivity contribution in [3.8, 4) is 0 Å². The van der Waals surface area contributed by atoms with Gasteiger partial charge in [0.25, 0.3) is 0 Å². The third-order valence-electron chi connectivity index (χ3n) is 10.7. The van der Waals surface area contributed by atoms with Crippen LogP contribution in [0.3, 0.4) is 0 Å². The lowest BCUT2D eigenvalue weighted by molar-refractivity contribution is -0.151. The number of carbonyl (C=O) groups is 2. The van der Waals surface area contributed by atoms with Gasteiger partial charge >= 0.3 is 5.97 Å². The van der Waals surface area contributed by atoms with Gasteiger partial charge in [0, 0.05) is 6.42 Å². The van der Waals surface area contributed by atoms with Gasteiger partial charge in [0.15, 0.2) is 0 Å². The van der Waals surface area contributed by atoms with E-state index in [-0.39, 0.29) is 24.9 Å². The number of carbonyl (C=O) groups excluding carboxylic acids is 2. The molecule has 0 rings (SSSR count). The summed E-state index contributed by atoms with van der Waals surface area (Å²) in [6.07, 6.45) is 49.2. The van der Waals surface area contributed by atoms with Gasteiger partial charge < -0.3 is 20.3 Å². The molecule has 6 nitrogen and oxygen atoms in total. The van der Waals surface area contributed by atoms with Crippen molar-refractivity contribution in [2.75, 3.05) is 6.61 Å². The molecule has 0 aromatic rings. The number of nitrogens with one attached hydrogen (secondary N) is 1. The summed E-state index contributed by atoms with van der Waals surface area (Å²) in [5.74, 6) is -0.486. The minimum absolute atomic E-state index is 0.0745. The Kier molecular flexibility index (Phi) is 41.7. The molecule has 55 heavy (non-hydrogen) atoms. The van der Waals surface area contributed by atoms with Gasteiger partial charge in [0.1, 0.15) is 6.10 Å². The van der Waals surface area contributed by atoms with Crippen molar-refractivity contribution in [2.24, 2.45) is 0 Å². The van der Waals surface area contributed by atoms with Crippen molar-refractivity contribution in [1.82, 2.24) is 5.32 Å². The standard InChI is InChI=1S/C49H91NO5/c1-4-7-10-13-16-19-21-23-24-25-26-28-30-33-36-39-42-49(54)55-45(40-37-34-31-18-15-12-9-6-3)43-48(53)50-46(44-51)47(52)41-38-35-32-29-27-22-20-17-14-11-8-5-2/h7,10,16,19,23-24,45-47,51-52H,4-6,8-9,11-15,17-18,20-22,25-44H2,1-3H3,(H,50,53)/b10-7+,19-16+,24-23+. The molecule has 0 aromatic heterocycles. The highest BCUT2D eigenvalue weighted by atomic mass is 16.5. The Labute approximate surface area is 341 Å². The predicted octanol–water partition coefficient (Wildman–Crippen LogP) is 13.7. The van der Waals surface area contributed by atoms with Crippen LogP contribution in [-0.4, -0.2) is 46.9 Å². The maximum absolute atomic E-state index is 13.1. The summed E-state index contributed by atoms with van der Waals surface area (Å²) >= 11 is 0. The number of rotatable bonds is 42. The zero-order valence-corrected chi connectivity index (χ0v) is 36.6. The average molecular weight is 774 g/mol. The summed E-state index contributed by atoms with van der Waals surface area (Å²) in [7, 11) is 0. The molecule has 322 valence electrons. The van der Waals surface area contributed by atoms with Crippen molar-refractivity contribution in [3.63, 3.8) is 0 Å². The number of unbranched alkanes of at least 4 members (excludes halogenated alkanes) is 24. The van der Waals surface area contributed by atoms with Crippen LogP contribution in [0.5, 0.6) is 0 Å². The second-order valence-electron chi connectivity index (χ2n) is 16.1. The third-order valence-corrected chi connectivity index (χ3v) is 10.7. The Morgan fingerprint density at radius 3 is 1.49 bits per heavy atom. The first-order valence-corrected chi connectivity index (χ1v) is 23.7. The SMILES string of the molecule is CC/C=C/C/C=C/C/C=C/CCCCCCCCC(=O)OC(CCCCCCCCCC)CC(=O)NC(CO)C(O)CCCCCCCCCCCCCC. The van der Waals surface area contributed by atoms with E-state index in [0.717, 1.165) is 70.6 Å². The summed E-state index contributed by atoms with van der Waals surface area (Å²) in [5.41, 5.74) is 0. The lowest BCUT2D eigenvalue weighted by Gasteiger charge is -2.24. The summed E-state index contributed by atoms with van der Waals surface area (Å²) < 4.78 is 5.89. The summed E-state index contributed by atoms with van der Waals surface area (Å²) in [5, 5.41) is 23.6. The number of hydrogen-bond donors (Lipinski definition) is 3. The average Bonchev–Trinajstić information content (AvgIpc) is 3.18. The van der Waals surface area contributed by atoms with Crippen LogP contribution in [0.1, 0.15) is 239 Å². The van der Waals surface area contributed by atoms with Gasteiger partial charge in [-0.3, -0.25) is 9.59 Å². The van der Waals surface area contributed by atoms with Crippen LogP contribution in [0.25, 0.3) is 0 Å². The largest absolute Gasteiger partial charge is 0.462 e. The third kappa shape index (κ3) is 38.7. The molecule has 0 aromatic carbocycles. The highest BCUT2D eigenvalue weighted by molar-refractivity contribution is 5.77. The van der Waals surface area contributed by atoms with E-state index in [9.17, 15) is 19.8 Å². The first-order chi connectivity index (χ1) is 27.0. The zero-order valence-electron chi connectivity index (χ0n) is 36.6. The van der Waals surface area contributed by atoms with Gasteiger partial charge in [-0.1, -0.05) is 205 Å². The number of allylic oxidation sites excluding steroid dienone is 6. The Morgan fingerprint density at radius 1 is 0.545 bits per heavy atom. The summed E-state index contributed by atoms with van der Waals surface area (Å²) in [4.78, 5) is 26.0. The normalized spacial score (nSPS) is 13.6. The molecule has 0 aliphatic carbocycles. The Balaban J connectivity index is 4.46. The van der Waals surface area contributed by atoms with Crippen LogP contribution >= 0.6 is 0 Å². The van der Waals surface area contributed by atoms with Crippen LogP contribution in [0.4, 0.5) is 0 Å². The molecule has 0 radical (unpaired) electrons. The van der Waals surface area contributed by atoms with E-state index in [1.165, 1.54) is 122 Å². The zero-order chi connectivity index (χ0) is 40.3. The Bertz CT molecular complexity index is 915. The van der Waals surface area contributed by atoms with E-state index in [0.29, 0.717) is 19.3 Å². The number of amides is 1. The van der Waals surface area contributed by atoms with Crippen LogP contribution in [-0.2, 0) is 14.3 Å². The van der Waals surface area contributed by atoms with E-state index in [4.69, 9.17) is 4.74 Å². The van der Waals surface area contributed by atoms with Gasteiger partial charge in [-0.15, -0.1) is 0 Å². The molecule has 3 atom stereocenters. The number of esters is 1. The van der Waals surface area contributed by atoms with Crippen molar-refractivity contribution in [2.45, 2.75) is 257 Å². The van der Waals surface area contributed by atoms with Gasteiger partial charge in [0.2, 0.25) is 5.91 Å².